The van der Waals surface area contributed by atoms with Crippen LogP contribution in [0.5, 0.6) is 17.2 Å². The van der Waals surface area contributed by atoms with E-state index in [2.05, 4.69) is 4.72 Å². The second kappa shape index (κ2) is 10.1. The van der Waals surface area contributed by atoms with Crippen molar-refractivity contribution < 1.29 is 36.7 Å². The van der Waals surface area contributed by atoms with E-state index in [0.717, 1.165) is 0 Å². The van der Waals surface area contributed by atoms with E-state index in [1.54, 1.807) is 24.3 Å². The molecular formula is C24H20FN3O7S. The highest BCUT2D eigenvalue weighted by Gasteiger charge is 2.37. The molecule has 0 spiro atoms. The standard InChI is InChI=1S/C24H20FN3O7S/c1-34-20-11-4-16(14-28-23(30)22(29)27-24(28)31)12-21(20)36(32,33)26-13-15-2-7-18(8-3-15)35-19-9-5-17(25)6-10-19/h2-12,26H,13-14H2,1H3,(H,27,29,31). The van der Waals surface area contributed by atoms with Crippen molar-refractivity contribution in [3.05, 3.63) is 83.7 Å². The highest BCUT2D eigenvalue weighted by atomic mass is 32.2. The summed E-state index contributed by atoms with van der Waals surface area (Å²) < 4.78 is 52.4. The number of nitrogens with zero attached hydrogens (tertiary/aromatic N) is 1. The van der Waals surface area contributed by atoms with Crippen molar-refractivity contribution in [1.29, 1.82) is 0 Å². The van der Waals surface area contributed by atoms with Gasteiger partial charge in [0, 0.05) is 6.54 Å². The minimum atomic E-state index is -4.07. The minimum Gasteiger partial charge on any atom is -0.495 e. The number of carbonyl (C=O) groups is 3. The fraction of sp³-hybridized carbons (Fsp3) is 0.125. The van der Waals surface area contributed by atoms with Crippen LogP contribution in [0.1, 0.15) is 11.1 Å². The molecule has 12 heteroatoms. The first-order chi connectivity index (χ1) is 17.2. The molecule has 4 rings (SSSR count). The van der Waals surface area contributed by atoms with Crippen LogP contribution in [-0.2, 0) is 32.7 Å². The van der Waals surface area contributed by atoms with Gasteiger partial charge in [-0.1, -0.05) is 18.2 Å². The van der Waals surface area contributed by atoms with E-state index in [1.165, 1.54) is 49.6 Å². The van der Waals surface area contributed by atoms with Crippen LogP contribution in [0.4, 0.5) is 9.18 Å². The summed E-state index contributed by atoms with van der Waals surface area (Å²) >= 11 is 0. The van der Waals surface area contributed by atoms with Gasteiger partial charge < -0.3 is 9.47 Å². The Balaban J connectivity index is 1.45. The Hall–Kier alpha value is -4.29. The molecule has 2 N–H and O–H groups in total. The van der Waals surface area contributed by atoms with Crippen molar-refractivity contribution in [2.24, 2.45) is 0 Å². The summed E-state index contributed by atoms with van der Waals surface area (Å²) in [5.74, 6) is -1.45. The molecule has 1 fully saturated rings. The monoisotopic (exact) mass is 513 g/mol. The number of benzene rings is 3. The molecule has 36 heavy (non-hydrogen) atoms. The first-order valence-electron chi connectivity index (χ1n) is 10.5. The van der Waals surface area contributed by atoms with E-state index in [-0.39, 0.29) is 29.6 Å². The van der Waals surface area contributed by atoms with Crippen LogP contribution < -0.4 is 19.5 Å². The van der Waals surface area contributed by atoms with E-state index < -0.39 is 27.9 Å². The predicted molar refractivity (Wildman–Crippen MR) is 124 cm³/mol. The Morgan fingerprint density at radius 2 is 1.53 bits per heavy atom. The lowest BCUT2D eigenvalue weighted by molar-refractivity contribution is -0.140. The Morgan fingerprint density at radius 1 is 0.917 bits per heavy atom. The third-order valence-electron chi connectivity index (χ3n) is 5.20. The van der Waals surface area contributed by atoms with Crippen molar-refractivity contribution >= 4 is 27.9 Å². The second-order valence-electron chi connectivity index (χ2n) is 7.66. The number of rotatable bonds is 9. The SMILES string of the molecule is COc1ccc(CN2C(=O)NC(=O)C2=O)cc1S(=O)(=O)NCc1ccc(Oc2ccc(F)cc2)cc1. The maximum absolute atomic E-state index is 13.0. The van der Waals surface area contributed by atoms with Crippen molar-refractivity contribution in [2.45, 2.75) is 18.0 Å². The fourth-order valence-electron chi connectivity index (χ4n) is 3.36. The van der Waals surface area contributed by atoms with Gasteiger partial charge in [0.05, 0.1) is 13.7 Å². The quantitative estimate of drug-likeness (QED) is 0.332. The highest BCUT2D eigenvalue weighted by molar-refractivity contribution is 7.89. The minimum absolute atomic E-state index is 0.0476. The molecule has 0 atom stereocenters. The summed E-state index contributed by atoms with van der Waals surface area (Å²) in [5.41, 5.74) is 0.940. The zero-order valence-corrected chi connectivity index (χ0v) is 19.7. The molecule has 4 amide bonds. The largest absolute Gasteiger partial charge is 0.495 e. The predicted octanol–water partition coefficient (Wildman–Crippen LogP) is 2.68. The Bertz CT molecular complexity index is 1430. The average Bonchev–Trinajstić information content (AvgIpc) is 3.11. The Kier molecular flexibility index (Phi) is 6.99. The molecule has 0 unspecified atom stereocenters. The number of ether oxygens (including phenoxy) is 2. The zero-order valence-electron chi connectivity index (χ0n) is 18.9. The molecular weight excluding hydrogens is 493 g/mol. The van der Waals surface area contributed by atoms with Gasteiger partial charge in [-0.25, -0.2) is 22.3 Å². The first-order valence-corrected chi connectivity index (χ1v) is 12.0. The van der Waals surface area contributed by atoms with E-state index in [0.29, 0.717) is 27.5 Å². The summed E-state index contributed by atoms with van der Waals surface area (Å²) in [6.07, 6.45) is 0. The number of halogens is 1. The number of urea groups is 1. The van der Waals surface area contributed by atoms with Crippen LogP contribution in [0.2, 0.25) is 0 Å². The number of sulfonamides is 1. The van der Waals surface area contributed by atoms with Gasteiger partial charge in [0.1, 0.15) is 28.0 Å². The van der Waals surface area contributed by atoms with Gasteiger partial charge >= 0.3 is 17.8 Å². The zero-order chi connectivity index (χ0) is 25.9. The van der Waals surface area contributed by atoms with Crippen molar-refractivity contribution in [3.8, 4) is 17.2 Å². The van der Waals surface area contributed by atoms with E-state index in [9.17, 15) is 27.2 Å². The van der Waals surface area contributed by atoms with Gasteiger partial charge in [0.15, 0.2) is 0 Å². The normalized spacial score (nSPS) is 13.6. The molecule has 1 saturated heterocycles. The highest BCUT2D eigenvalue weighted by Crippen LogP contribution is 2.27. The number of amides is 4. The van der Waals surface area contributed by atoms with E-state index in [4.69, 9.17) is 9.47 Å². The maximum Gasteiger partial charge on any atom is 0.331 e. The average molecular weight is 514 g/mol. The first kappa shape index (κ1) is 24.8. The topological polar surface area (TPSA) is 131 Å². The van der Waals surface area contributed by atoms with Crippen LogP contribution >= 0.6 is 0 Å². The number of carbonyl (C=O) groups excluding carboxylic acids is 3. The summed E-state index contributed by atoms with van der Waals surface area (Å²) in [4.78, 5) is 35.5. The van der Waals surface area contributed by atoms with Crippen LogP contribution in [0.3, 0.4) is 0 Å². The smallest absolute Gasteiger partial charge is 0.331 e. The third-order valence-corrected chi connectivity index (χ3v) is 6.62. The van der Waals surface area contributed by atoms with Crippen LogP contribution in [0.15, 0.2) is 71.6 Å². The molecule has 1 aliphatic heterocycles. The molecule has 3 aromatic rings. The van der Waals surface area contributed by atoms with Gasteiger partial charge in [0.2, 0.25) is 10.0 Å². The lowest BCUT2D eigenvalue weighted by atomic mass is 10.2. The van der Waals surface area contributed by atoms with Crippen LogP contribution in [0.25, 0.3) is 0 Å². The van der Waals surface area contributed by atoms with Gasteiger partial charge in [-0.15, -0.1) is 0 Å². The molecule has 0 radical (unpaired) electrons. The molecule has 0 saturated carbocycles. The third kappa shape index (κ3) is 5.50. The number of methoxy groups -OCH3 is 1. The molecule has 186 valence electrons. The van der Waals surface area contributed by atoms with Crippen molar-refractivity contribution in [2.75, 3.05) is 7.11 Å². The second-order valence-corrected chi connectivity index (χ2v) is 9.40. The molecule has 3 aromatic carbocycles. The lowest BCUT2D eigenvalue weighted by Crippen LogP contribution is -2.30. The summed E-state index contributed by atoms with van der Waals surface area (Å²) in [6, 6.07) is 15.4. The number of imide groups is 2. The van der Waals surface area contributed by atoms with Gasteiger partial charge in [-0.3, -0.25) is 19.8 Å². The number of hydrogen-bond acceptors (Lipinski definition) is 7. The van der Waals surface area contributed by atoms with Gasteiger partial charge in [-0.2, -0.15) is 0 Å². The van der Waals surface area contributed by atoms with E-state index >= 15 is 0 Å². The van der Waals surface area contributed by atoms with Crippen LogP contribution in [-0.4, -0.2) is 38.3 Å². The summed E-state index contributed by atoms with van der Waals surface area (Å²) in [7, 11) is -2.76. The van der Waals surface area contributed by atoms with Crippen molar-refractivity contribution in [3.63, 3.8) is 0 Å². The number of nitrogens with one attached hydrogen (secondary N) is 2. The van der Waals surface area contributed by atoms with E-state index in [1.807, 2.05) is 5.32 Å². The van der Waals surface area contributed by atoms with Gasteiger partial charge in [0.25, 0.3) is 0 Å². The summed E-state index contributed by atoms with van der Waals surface area (Å²) in [5, 5.41) is 1.88. The Labute approximate surface area is 205 Å². The maximum atomic E-state index is 13.0. The molecule has 0 bridgehead atoms. The molecule has 0 aliphatic carbocycles. The van der Waals surface area contributed by atoms with Crippen LogP contribution in [0, 0.1) is 5.82 Å². The molecule has 1 aliphatic rings. The molecule has 10 nitrogen and oxygen atoms in total. The number of hydrogen-bond donors (Lipinski definition) is 2. The van der Waals surface area contributed by atoms with Gasteiger partial charge in [-0.05, 0) is 59.7 Å². The lowest BCUT2D eigenvalue weighted by Gasteiger charge is -2.15. The summed E-state index contributed by atoms with van der Waals surface area (Å²) in [6.45, 7) is -0.341. The fourth-order valence-corrected chi connectivity index (χ4v) is 4.59. The Morgan fingerprint density at radius 3 is 2.11 bits per heavy atom. The molecule has 1 heterocycles. The molecule has 0 aromatic heterocycles. The van der Waals surface area contributed by atoms with Crippen molar-refractivity contribution in [1.82, 2.24) is 14.9 Å².